The quantitative estimate of drug-likeness (QED) is 0.163. The molecule has 2 aliphatic heterocycles. The Kier molecular flexibility index (Phi) is 7.80. The molecule has 0 spiro atoms. The Labute approximate surface area is 255 Å². The lowest BCUT2D eigenvalue weighted by atomic mass is 9.97. The molecule has 0 radical (unpaired) electrons. The van der Waals surface area contributed by atoms with Crippen molar-refractivity contribution in [2.45, 2.75) is 12.8 Å². The van der Waals surface area contributed by atoms with Crippen LogP contribution in [0, 0.1) is 0 Å². The summed E-state index contributed by atoms with van der Waals surface area (Å²) in [5.41, 5.74) is 4.17. The number of hydrogen-bond donors (Lipinski definition) is 1. The monoisotopic (exact) mass is 813 g/mol. The van der Waals surface area contributed by atoms with Gasteiger partial charge in [0.15, 0.2) is 5.71 Å². The van der Waals surface area contributed by atoms with Gasteiger partial charge in [-0.3, -0.25) is 4.79 Å². The van der Waals surface area contributed by atoms with Crippen LogP contribution in [-0.4, -0.2) is 29.2 Å². The number of carbonyl (C=O) groups excluding carboxylic acids is 1. The van der Waals surface area contributed by atoms with Crippen molar-refractivity contribution in [1.29, 1.82) is 0 Å². The maximum Gasteiger partial charge on any atom is 0.357 e. The highest BCUT2D eigenvalue weighted by Crippen LogP contribution is 2.51. The fourth-order valence-corrected chi connectivity index (χ4v) is 7.84. The van der Waals surface area contributed by atoms with Gasteiger partial charge in [-0.1, -0.05) is 24.3 Å². The number of para-hydroxylation sites is 1. The van der Waals surface area contributed by atoms with E-state index >= 15 is 0 Å². The van der Waals surface area contributed by atoms with Crippen molar-refractivity contribution in [2.75, 3.05) is 16.5 Å². The topological polar surface area (TPSA) is 73.2 Å². The molecule has 37 heavy (non-hydrogen) atoms. The molecule has 0 aliphatic carbocycles. The zero-order chi connectivity index (χ0) is 26.4. The first-order valence-electron chi connectivity index (χ1n) is 11.0. The normalized spacial score (nSPS) is 16.3. The first-order chi connectivity index (χ1) is 17.7. The minimum atomic E-state index is -1.25. The number of amides is 1. The number of hydrazone groups is 1. The summed E-state index contributed by atoms with van der Waals surface area (Å²) in [6.45, 7) is 0.825. The van der Waals surface area contributed by atoms with E-state index in [1.807, 2.05) is 24.3 Å². The molecule has 0 saturated carbocycles. The van der Waals surface area contributed by atoms with Gasteiger partial charge >= 0.3 is 5.97 Å². The molecule has 3 aromatic carbocycles. The average Bonchev–Trinajstić information content (AvgIpc) is 3.23. The summed E-state index contributed by atoms with van der Waals surface area (Å²) in [4.78, 5) is 27.3. The summed E-state index contributed by atoms with van der Waals surface area (Å²) in [7, 11) is 0. The highest BCUT2D eigenvalue weighted by Gasteiger charge is 2.35. The molecule has 1 amide bonds. The molecule has 188 valence electrons. The van der Waals surface area contributed by atoms with Gasteiger partial charge in [0.05, 0.1) is 25.9 Å². The lowest BCUT2D eigenvalue weighted by Crippen LogP contribution is -2.25. The second-order valence-corrected chi connectivity index (χ2v) is 12.3. The van der Waals surface area contributed by atoms with Crippen molar-refractivity contribution in [3.63, 3.8) is 0 Å². The molecule has 2 aliphatic rings. The van der Waals surface area contributed by atoms with Gasteiger partial charge in [0.2, 0.25) is 0 Å². The number of anilines is 3. The second-order valence-electron chi connectivity index (χ2n) is 8.33. The molecule has 0 saturated heterocycles. The van der Waals surface area contributed by atoms with Crippen molar-refractivity contribution >= 4 is 120 Å². The standard InChI is InChI=1S/C26H16Br5N3O3/c27-18-19(28)21(30)24(22(31)20(18)29)33-10-4-5-14-11-13(8-9-17(14)33)12-16-23(26(36)37)32-34(25(16)35)15-6-2-1-3-7-15/h1-3,6-9,11-12H,4-5,10H2,(H,36,37)/b16-12-. The van der Waals surface area contributed by atoms with Gasteiger partial charge < -0.3 is 10.0 Å². The molecule has 11 heteroatoms. The number of halogens is 5. The summed E-state index contributed by atoms with van der Waals surface area (Å²) in [5, 5.41) is 15.0. The molecule has 5 rings (SSSR count). The van der Waals surface area contributed by atoms with Crippen LogP contribution in [0.5, 0.6) is 0 Å². The Balaban J connectivity index is 1.54. The van der Waals surface area contributed by atoms with Crippen molar-refractivity contribution in [2.24, 2.45) is 5.10 Å². The van der Waals surface area contributed by atoms with Gasteiger partial charge in [-0.25, -0.2) is 4.79 Å². The zero-order valence-electron chi connectivity index (χ0n) is 18.8. The largest absolute Gasteiger partial charge is 0.476 e. The Morgan fingerprint density at radius 2 is 1.57 bits per heavy atom. The van der Waals surface area contributed by atoms with Crippen LogP contribution in [0.2, 0.25) is 0 Å². The van der Waals surface area contributed by atoms with E-state index in [2.05, 4.69) is 89.7 Å². The number of nitrogens with zero attached hydrogens (tertiary/aromatic N) is 3. The number of carboxylic acid groups (broad SMARTS) is 1. The maximum absolute atomic E-state index is 13.2. The fraction of sp³-hybridized carbons (Fsp3) is 0.115. The molecular weight excluding hydrogens is 802 g/mol. The molecule has 0 atom stereocenters. The number of hydrogen-bond acceptors (Lipinski definition) is 4. The van der Waals surface area contributed by atoms with E-state index in [0.717, 1.165) is 69.3 Å². The van der Waals surface area contributed by atoms with Gasteiger partial charge in [-0.15, -0.1) is 0 Å². The third kappa shape index (κ3) is 4.89. The van der Waals surface area contributed by atoms with Crippen LogP contribution in [0.4, 0.5) is 17.1 Å². The van der Waals surface area contributed by atoms with Crippen LogP contribution >= 0.6 is 79.6 Å². The van der Waals surface area contributed by atoms with E-state index in [0.29, 0.717) is 5.69 Å². The predicted molar refractivity (Wildman–Crippen MR) is 164 cm³/mol. The molecule has 3 aromatic rings. The number of carbonyl (C=O) groups is 2. The third-order valence-electron chi connectivity index (χ3n) is 6.07. The maximum atomic E-state index is 13.2. The fourth-order valence-electron chi connectivity index (χ4n) is 4.38. The molecule has 2 heterocycles. The van der Waals surface area contributed by atoms with Crippen molar-refractivity contribution < 1.29 is 14.7 Å². The Morgan fingerprint density at radius 3 is 2.22 bits per heavy atom. The highest BCUT2D eigenvalue weighted by molar-refractivity contribution is 9.15. The van der Waals surface area contributed by atoms with Gasteiger partial charge in [0.1, 0.15) is 0 Å². The van der Waals surface area contributed by atoms with E-state index < -0.39 is 11.9 Å². The summed E-state index contributed by atoms with van der Waals surface area (Å²) >= 11 is 18.4. The zero-order valence-corrected chi connectivity index (χ0v) is 26.7. The predicted octanol–water partition coefficient (Wildman–Crippen LogP) is 8.45. The first kappa shape index (κ1) is 26.8. The van der Waals surface area contributed by atoms with Crippen LogP contribution < -0.4 is 9.91 Å². The van der Waals surface area contributed by atoms with Gasteiger partial charge in [-0.2, -0.15) is 10.1 Å². The summed E-state index contributed by atoms with van der Waals surface area (Å²) in [6, 6.07) is 14.7. The number of benzene rings is 3. The van der Waals surface area contributed by atoms with E-state index in [-0.39, 0.29) is 11.3 Å². The minimum Gasteiger partial charge on any atom is -0.476 e. The second kappa shape index (κ2) is 10.8. The Morgan fingerprint density at radius 1 is 0.919 bits per heavy atom. The SMILES string of the molecule is O=C(O)C1=NN(c2ccccc2)C(=O)/C1=C\c1ccc2c(c1)CCCN2c1c(Br)c(Br)c(Br)c(Br)c1Br. The summed E-state index contributed by atoms with van der Waals surface area (Å²) in [5.74, 6) is -1.72. The van der Waals surface area contributed by atoms with E-state index in [9.17, 15) is 14.7 Å². The molecule has 0 aromatic heterocycles. The van der Waals surface area contributed by atoms with Crippen molar-refractivity contribution in [3.8, 4) is 0 Å². The Bertz CT molecular complexity index is 1490. The van der Waals surface area contributed by atoms with Crippen LogP contribution in [0.3, 0.4) is 0 Å². The van der Waals surface area contributed by atoms with E-state index in [1.54, 1.807) is 30.3 Å². The minimum absolute atomic E-state index is 0.0511. The van der Waals surface area contributed by atoms with Crippen LogP contribution in [0.15, 0.2) is 81.6 Å². The number of aryl methyl sites for hydroxylation is 1. The van der Waals surface area contributed by atoms with E-state index in [1.165, 1.54) is 0 Å². The van der Waals surface area contributed by atoms with Crippen molar-refractivity contribution in [3.05, 3.63) is 87.6 Å². The lowest BCUT2D eigenvalue weighted by Gasteiger charge is -2.34. The molecule has 0 fully saturated rings. The molecule has 6 nitrogen and oxygen atoms in total. The summed E-state index contributed by atoms with van der Waals surface area (Å²) in [6.07, 6.45) is 3.40. The van der Waals surface area contributed by atoms with E-state index in [4.69, 9.17) is 0 Å². The van der Waals surface area contributed by atoms with Crippen LogP contribution in [0.1, 0.15) is 17.5 Å². The Hall–Kier alpha value is -1.79. The molecule has 1 N–H and O–H groups in total. The average molecular weight is 818 g/mol. The highest BCUT2D eigenvalue weighted by atomic mass is 79.9. The number of fused-ring (bicyclic) bond motifs is 1. The molecule has 0 bridgehead atoms. The van der Waals surface area contributed by atoms with Gasteiger partial charge in [0, 0.05) is 25.7 Å². The molecular formula is C26H16Br5N3O3. The number of aliphatic carboxylic acids is 1. The summed E-state index contributed by atoms with van der Waals surface area (Å²) < 4.78 is 4.51. The van der Waals surface area contributed by atoms with Crippen molar-refractivity contribution in [1.82, 2.24) is 0 Å². The first-order valence-corrected chi connectivity index (χ1v) is 15.0. The number of rotatable bonds is 4. The number of carboxylic acids is 1. The smallest absolute Gasteiger partial charge is 0.357 e. The van der Waals surface area contributed by atoms with Gasteiger partial charge in [0.25, 0.3) is 5.91 Å². The van der Waals surface area contributed by atoms with Crippen LogP contribution in [-0.2, 0) is 16.0 Å². The molecule has 0 unspecified atom stereocenters. The van der Waals surface area contributed by atoms with Gasteiger partial charge in [-0.05, 0) is 134 Å². The third-order valence-corrected chi connectivity index (χ3v) is 12.1. The van der Waals surface area contributed by atoms with Crippen LogP contribution in [0.25, 0.3) is 6.08 Å². The lowest BCUT2D eigenvalue weighted by molar-refractivity contribution is -0.129.